The number of benzene rings is 2. The standard InChI is InChI=1S/C22H28FN3O2/c1-5-7-18-12-17(14-20(27-3)21(18)28-4)15-26-22(24-2)25-11-10-16-8-6-9-19(23)13-16/h5-6,8-9,12-14H,1,7,10-11,15H2,2-4H3,(H2,24,25,26). The van der Waals surface area contributed by atoms with E-state index in [1.54, 1.807) is 33.4 Å². The van der Waals surface area contributed by atoms with E-state index in [9.17, 15) is 4.39 Å². The molecule has 0 fully saturated rings. The minimum atomic E-state index is -0.219. The van der Waals surface area contributed by atoms with Crippen molar-refractivity contribution in [2.45, 2.75) is 19.4 Å². The number of allylic oxidation sites excluding steroid dienone is 1. The monoisotopic (exact) mass is 385 g/mol. The number of hydrogen-bond donors (Lipinski definition) is 2. The first-order chi connectivity index (χ1) is 13.6. The van der Waals surface area contributed by atoms with Crippen molar-refractivity contribution < 1.29 is 13.9 Å². The lowest BCUT2D eigenvalue weighted by Crippen LogP contribution is -2.37. The van der Waals surface area contributed by atoms with E-state index in [4.69, 9.17) is 9.47 Å². The van der Waals surface area contributed by atoms with Crippen molar-refractivity contribution in [3.8, 4) is 11.5 Å². The second-order valence-electron chi connectivity index (χ2n) is 6.22. The van der Waals surface area contributed by atoms with E-state index in [0.717, 1.165) is 22.4 Å². The van der Waals surface area contributed by atoms with E-state index in [0.29, 0.717) is 37.6 Å². The molecular formula is C22H28FN3O2. The number of nitrogens with zero attached hydrogens (tertiary/aromatic N) is 1. The average molecular weight is 385 g/mol. The van der Waals surface area contributed by atoms with E-state index in [1.807, 2.05) is 18.2 Å². The Morgan fingerprint density at radius 3 is 2.61 bits per heavy atom. The van der Waals surface area contributed by atoms with Gasteiger partial charge in [0.15, 0.2) is 17.5 Å². The van der Waals surface area contributed by atoms with Gasteiger partial charge in [0.05, 0.1) is 14.2 Å². The van der Waals surface area contributed by atoms with Gasteiger partial charge in [-0.2, -0.15) is 0 Å². The second-order valence-corrected chi connectivity index (χ2v) is 6.22. The molecule has 0 radical (unpaired) electrons. The summed E-state index contributed by atoms with van der Waals surface area (Å²) in [6.07, 6.45) is 3.23. The molecule has 2 N–H and O–H groups in total. The van der Waals surface area contributed by atoms with Gasteiger partial charge >= 0.3 is 0 Å². The number of nitrogens with one attached hydrogen (secondary N) is 2. The maximum atomic E-state index is 13.2. The quantitative estimate of drug-likeness (QED) is 0.394. The molecule has 150 valence electrons. The van der Waals surface area contributed by atoms with E-state index < -0.39 is 0 Å². The fourth-order valence-electron chi connectivity index (χ4n) is 2.94. The van der Waals surface area contributed by atoms with Crippen molar-refractivity contribution in [3.63, 3.8) is 0 Å². The van der Waals surface area contributed by atoms with Crippen LogP contribution in [0.1, 0.15) is 16.7 Å². The Morgan fingerprint density at radius 2 is 1.96 bits per heavy atom. The number of hydrogen-bond acceptors (Lipinski definition) is 3. The third-order valence-electron chi connectivity index (χ3n) is 4.26. The summed E-state index contributed by atoms with van der Waals surface area (Å²) in [6, 6.07) is 10.6. The van der Waals surface area contributed by atoms with Gasteiger partial charge in [-0.1, -0.05) is 18.2 Å². The van der Waals surface area contributed by atoms with Crippen LogP contribution in [0.4, 0.5) is 4.39 Å². The van der Waals surface area contributed by atoms with Crippen LogP contribution in [0.15, 0.2) is 54.0 Å². The maximum absolute atomic E-state index is 13.2. The zero-order valence-electron chi connectivity index (χ0n) is 16.7. The average Bonchev–Trinajstić information content (AvgIpc) is 2.70. The van der Waals surface area contributed by atoms with E-state index in [1.165, 1.54) is 6.07 Å². The largest absolute Gasteiger partial charge is 0.493 e. The van der Waals surface area contributed by atoms with Gasteiger partial charge < -0.3 is 20.1 Å². The molecule has 0 aromatic heterocycles. The van der Waals surface area contributed by atoms with Crippen molar-refractivity contribution >= 4 is 5.96 Å². The van der Waals surface area contributed by atoms with E-state index in [-0.39, 0.29) is 5.82 Å². The SMILES string of the molecule is C=CCc1cc(CNC(=NC)NCCc2cccc(F)c2)cc(OC)c1OC. The summed E-state index contributed by atoms with van der Waals surface area (Å²) in [5.41, 5.74) is 3.00. The number of rotatable bonds is 9. The van der Waals surface area contributed by atoms with E-state index in [2.05, 4.69) is 28.3 Å². The molecule has 0 saturated carbocycles. The summed E-state index contributed by atoms with van der Waals surface area (Å²) in [5, 5.41) is 6.53. The Bertz CT molecular complexity index is 821. The van der Waals surface area contributed by atoms with Crippen LogP contribution in [-0.4, -0.2) is 33.8 Å². The minimum Gasteiger partial charge on any atom is -0.493 e. The van der Waals surface area contributed by atoms with Gasteiger partial charge in [0.1, 0.15) is 5.82 Å². The first kappa shape index (κ1) is 21.3. The Morgan fingerprint density at radius 1 is 1.14 bits per heavy atom. The van der Waals surface area contributed by atoms with Crippen LogP contribution in [0, 0.1) is 5.82 Å². The molecule has 0 bridgehead atoms. The van der Waals surface area contributed by atoms with Crippen LogP contribution in [0.25, 0.3) is 0 Å². The summed E-state index contributed by atoms with van der Waals surface area (Å²) in [4.78, 5) is 4.24. The van der Waals surface area contributed by atoms with Gasteiger partial charge in [-0.05, 0) is 48.2 Å². The van der Waals surface area contributed by atoms with Gasteiger partial charge in [-0.25, -0.2) is 4.39 Å². The molecule has 0 heterocycles. The molecule has 0 saturated heterocycles. The Hall–Kier alpha value is -3.02. The van der Waals surface area contributed by atoms with Crippen molar-refractivity contribution in [3.05, 3.63) is 71.6 Å². The molecule has 0 spiro atoms. The molecule has 2 rings (SSSR count). The molecular weight excluding hydrogens is 357 g/mol. The predicted molar refractivity (Wildman–Crippen MR) is 112 cm³/mol. The molecule has 0 atom stereocenters. The highest BCUT2D eigenvalue weighted by molar-refractivity contribution is 5.79. The molecule has 5 nitrogen and oxygen atoms in total. The zero-order valence-corrected chi connectivity index (χ0v) is 16.7. The molecule has 0 aliphatic rings. The number of methoxy groups -OCH3 is 2. The van der Waals surface area contributed by atoms with Gasteiger partial charge in [0.2, 0.25) is 0 Å². The molecule has 2 aromatic carbocycles. The van der Waals surface area contributed by atoms with Crippen LogP contribution in [0.3, 0.4) is 0 Å². The van der Waals surface area contributed by atoms with Crippen molar-refractivity contribution in [2.24, 2.45) is 4.99 Å². The first-order valence-corrected chi connectivity index (χ1v) is 9.14. The van der Waals surface area contributed by atoms with Crippen molar-refractivity contribution in [1.82, 2.24) is 10.6 Å². The molecule has 0 unspecified atom stereocenters. The maximum Gasteiger partial charge on any atom is 0.191 e. The summed E-state index contributed by atoms with van der Waals surface area (Å²) < 4.78 is 24.2. The topological polar surface area (TPSA) is 54.9 Å². The third-order valence-corrected chi connectivity index (χ3v) is 4.26. The van der Waals surface area contributed by atoms with Crippen LogP contribution in [-0.2, 0) is 19.4 Å². The summed E-state index contributed by atoms with van der Waals surface area (Å²) >= 11 is 0. The third kappa shape index (κ3) is 6.01. The predicted octanol–water partition coefficient (Wildman–Crippen LogP) is 3.48. The Labute approximate surface area is 166 Å². The van der Waals surface area contributed by atoms with Crippen molar-refractivity contribution in [1.29, 1.82) is 0 Å². The number of guanidine groups is 1. The van der Waals surface area contributed by atoms with Crippen LogP contribution >= 0.6 is 0 Å². The minimum absolute atomic E-state index is 0.219. The van der Waals surface area contributed by atoms with Gasteiger partial charge in [-0.15, -0.1) is 6.58 Å². The summed E-state index contributed by atoms with van der Waals surface area (Å²) in [6.45, 7) is 5.03. The smallest absolute Gasteiger partial charge is 0.191 e. The number of ether oxygens (including phenoxy) is 2. The first-order valence-electron chi connectivity index (χ1n) is 9.14. The molecule has 6 heteroatoms. The van der Waals surface area contributed by atoms with Crippen LogP contribution in [0.5, 0.6) is 11.5 Å². The normalized spacial score (nSPS) is 11.1. The lowest BCUT2D eigenvalue weighted by atomic mass is 10.1. The zero-order chi connectivity index (χ0) is 20.4. The fourth-order valence-corrected chi connectivity index (χ4v) is 2.94. The lowest BCUT2D eigenvalue weighted by Gasteiger charge is -2.16. The molecule has 0 aliphatic heterocycles. The lowest BCUT2D eigenvalue weighted by molar-refractivity contribution is 0.352. The molecule has 0 amide bonds. The van der Waals surface area contributed by atoms with Crippen molar-refractivity contribution in [2.75, 3.05) is 27.8 Å². The van der Waals surface area contributed by atoms with Gasteiger partial charge in [0.25, 0.3) is 0 Å². The van der Waals surface area contributed by atoms with Crippen LogP contribution < -0.4 is 20.1 Å². The second kappa shape index (κ2) is 11.0. The number of halogens is 1. The highest BCUT2D eigenvalue weighted by atomic mass is 19.1. The number of aliphatic imine (C=N–C) groups is 1. The molecule has 0 aliphatic carbocycles. The van der Waals surface area contributed by atoms with E-state index >= 15 is 0 Å². The fraction of sp³-hybridized carbons (Fsp3) is 0.318. The van der Waals surface area contributed by atoms with Gasteiger partial charge in [-0.3, -0.25) is 4.99 Å². The van der Waals surface area contributed by atoms with Crippen LogP contribution in [0.2, 0.25) is 0 Å². The highest BCUT2D eigenvalue weighted by Crippen LogP contribution is 2.33. The Balaban J connectivity index is 1.96. The molecule has 28 heavy (non-hydrogen) atoms. The highest BCUT2D eigenvalue weighted by Gasteiger charge is 2.12. The molecule has 2 aromatic rings. The summed E-state index contributed by atoms with van der Waals surface area (Å²) in [5.74, 6) is 1.87. The summed E-state index contributed by atoms with van der Waals surface area (Å²) in [7, 11) is 4.97. The Kier molecular flexibility index (Phi) is 8.34. The van der Waals surface area contributed by atoms with Gasteiger partial charge in [0, 0.05) is 25.7 Å².